The number of carbonyl (C=O) groups is 2. The number of nitrogens with zero attached hydrogens (tertiary/aromatic N) is 1. The number of methoxy groups -OCH3 is 2. The normalized spacial score (nSPS) is 10.3. The van der Waals surface area contributed by atoms with Gasteiger partial charge < -0.3 is 20.1 Å². The molecular weight excluding hydrogens is 418 g/mol. The molecule has 3 aromatic rings. The molecule has 0 aliphatic heterocycles. The van der Waals surface area contributed by atoms with E-state index in [1.165, 1.54) is 6.20 Å². The molecule has 7 nitrogen and oxygen atoms in total. The summed E-state index contributed by atoms with van der Waals surface area (Å²) in [6.07, 6.45) is 2.10. The van der Waals surface area contributed by atoms with Gasteiger partial charge in [0.15, 0.2) is 11.5 Å². The van der Waals surface area contributed by atoms with E-state index in [1.807, 2.05) is 18.2 Å². The lowest BCUT2D eigenvalue weighted by atomic mass is 10.1. The van der Waals surface area contributed by atoms with Crippen molar-refractivity contribution in [2.75, 3.05) is 26.1 Å². The first-order chi connectivity index (χ1) is 15.0. The Hall–Kier alpha value is -3.58. The summed E-state index contributed by atoms with van der Waals surface area (Å²) < 4.78 is 10.5. The number of aromatic nitrogens is 1. The smallest absolute Gasteiger partial charge is 0.258 e. The second-order valence-corrected chi connectivity index (χ2v) is 6.89. The lowest BCUT2D eigenvalue weighted by Crippen LogP contribution is -2.27. The number of hydrogen-bond acceptors (Lipinski definition) is 5. The number of anilines is 1. The van der Waals surface area contributed by atoms with E-state index in [1.54, 1.807) is 50.6 Å². The minimum atomic E-state index is -0.441. The minimum absolute atomic E-state index is 0.0943. The van der Waals surface area contributed by atoms with Crippen molar-refractivity contribution in [1.82, 2.24) is 10.3 Å². The number of para-hydroxylation sites is 1. The van der Waals surface area contributed by atoms with Gasteiger partial charge in [0.1, 0.15) is 5.15 Å². The maximum Gasteiger partial charge on any atom is 0.258 e. The summed E-state index contributed by atoms with van der Waals surface area (Å²) >= 11 is 5.99. The Morgan fingerprint density at radius 2 is 1.68 bits per heavy atom. The number of amides is 2. The second-order valence-electron chi connectivity index (χ2n) is 6.54. The summed E-state index contributed by atoms with van der Waals surface area (Å²) in [5, 5.41) is 5.70. The molecule has 0 bridgehead atoms. The molecule has 0 aliphatic rings. The Morgan fingerprint density at radius 3 is 2.42 bits per heavy atom. The first-order valence-electron chi connectivity index (χ1n) is 9.53. The fourth-order valence-corrected chi connectivity index (χ4v) is 3.19. The van der Waals surface area contributed by atoms with Gasteiger partial charge in [0.2, 0.25) is 0 Å². The summed E-state index contributed by atoms with van der Waals surface area (Å²) in [5.74, 6) is 0.541. The van der Waals surface area contributed by atoms with Crippen LogP contribution in [0.1, 0.15) is 26.3 Å². The standard InChI is InChI=1S/C23H22ClN3O4/c1-30-19-10-9-15(14-20(19)31-2)11-13-26-22(28)16-6-3-4-8-18(16)27-23(29)17-7-5-12-25-21(17)24/h3-10,12,14H,11,13H2,1-2H3,(H,26,28)(H,27,29). The number of pyridine rings is 1. The summed E-state index contributed by atoms with van der Waals surface area (Å²) in [6, 6.07) is 15.6. The monoisotopic (exact) mass is 439 g/mol. The molecule has 0 atom stereocenters. The molecule has 0 saturated carbocycles. The van der Waals surface area contributed by atoms with Gasteiger partial charge in [0, 0.05) is 12.7 Å². The van der Waals surface area contributed by atoms with Crippen LogP contribution in [0.5, 0.6) is 11.5 Å². The van der Waals surface area contributed by atoms with Gasteiger partial charge in [-0.3, -0.25) is 9.59 Å². The highest BCUT2D eigenvalue weighted by molar-refractivity contribution is 6.33. The third kappa shape index (κ3) is 5.52. The molecule has 0 spiro atoms. The summed E-state index contributed by atoms with van der Waals surface area (Å²) in [7, 11) is 3.16. The van der Waals surface area contributed by atoms with Crippen molar-refractivity contribution < 1.29 is 19.1 Å². The Kier molecular flexibility index (Phi) is 7.45. The quantitative estimate of drug-likeness (QED) is 0.518. The van der Waals surface area contributed by atoms with Crippen molar-refractivity contribution in [2.45, 2.75) is 6.42 Å². The fraction of sp³-hybridized carbons (Fsp3) is 0.174. The molecule has 2 amide bonds. The molecular formula is C23H22ClN3O4. The van der Waals surface area contributed by atoms with Crippen molar-refractivity contribution >= 4 is 29.1 Å². The van der Waals surface area contributed by atoms with Crippen LogP contribution in [0, 0.1) is 0 Å². The van der Waals surface area contributed by atoms with Gasteiger partial charge >= 0.3 is 0 Å². The van der Waals surface area contributed by atoms with Crippen LogP contribution in [-0.4, -0.2) is 37.6 Å². The summed E-state index contributed by atoms with van der Waals surface area (Å²) in [5.41, 5.74) is 1.96. The number of nitrogens with one attached hydrogen (secondary N) is 2. The number of hydrogen-bond donors (Lipinski definition) is 2. The molecule has 0 unspecified atom stereocenters. The van der Waals surface area contributed by atoms with Crippen LogP contribution >= 0.6 is 11.6 Å². The van der Waals surface area contributed by atoms with Gasteiger partial charge in [-0.15, -0.1) is 0 Å². The SMILES string of the molecule is COc1ccc(CCNC(=O)c2ccccc2NC(=O)c2cccnc2Cl)cc1OC. The Balaban J connectivity index is 1.65. The zero-order chi connectivity index (χ0) is 22.2. The molecule has 0 radical (unpaired) electrons. The van der Waals surface area contributed by atoms with E-state index in [0.717, 1.165) is 5.56 Å². The molecule has 2 aromatic carbocycles. The molecule has 31 heavy (non-hydrogen) atoms. The highest BCUT2D eigenvalue weighted by Gasteiger charge is 2.16. The number of halogens is 1. The van der Waals surface area contributed by atoms with Gasteiger partial charge in [0.05, 0.1) is 31.0 Å². The zero-order valence-corrected chi connectivity index (χ0v) is 17.9. The maximum absolute atomic E-state index is 12.7. The van der Waals surface area contributed by atoms with Crippen molar-refractivity contribution in [3.63, 3.8) is 0 Å². The number of rotatable bonds is 8. The predicted molar refractivity (Wildman–Crippen MR) is 119 cm³/mol. The molecule has 0 aliphatic carbocycles. The highest BCUT2D eigenvalue weighted by Crippen LogP contribution is 2.27. The van der Waals surface area contributed by atoms with Crippen molar-refractivity contribution in [1.29, 1.82) is 0 Å². The molecule has 1 heterocycles. The first kappa shape index (κ1) is 22.1. The molecule has 8 heteroatoms. The van der Waals surface area contributed by atoms with Crippen molar-refractivity contribution in [2.24, 2.45) is 0 Å². The highest BCUT2D eigenvalue weighted by atomic mass is 35.5. The Bertz CT molecular complexity index is 1090. The summed E-state index contributed by atoms with van der Waals surface area (Å²) in [4.78, 5) is 29.2. The van der Waals surface area contributed by atoms with Gasteiger partial charge in [0.25, 0.3) is 11.8 Å². The van der Waals surface area contributed by atoms with Crippen LogP contribution in [0.15, 0.2) is 60.8 Å². The molecule has 1 aromatic heterocycles. The fourth-order valence-electron chi connectivity index (χ4n) is 2.99. The van der Waals surface area contributed by atoms with E-state index in [-0.39, 0.29) is 16.6 Å². The van der Waals surface area contributed by atoms with Crippen LogP contribution in [0.25, 0.3) is 0 Å². The largest absolute Gasteiger partial charge is 0.493 e. The van der Waals surface area contributed by atoms with Gasteiger partial charge in [-0.25, -0.2) is 4.98 Å². The average Bonchev–Trinajstić information content (AvgIpc) is 2.79. The lowest BCUT2D eigenvalue weighted by Gasteiger charge is -2.12. The van der Waals surface area contributed by atoms with E-state index in [0.29, 0.717) is 35.7 Å². The van der Waals surface area contributed by atoms with Gasteiger partial charge in [-0.2, -0.15) is 0 Å². The minimum Gasteiger partial charge on any atom is -0.493 e. The zero-order valence-electron chi connectivity index (χ0n) is 17.1. The maximum atomic E-state index is 12.7. The van der Waals surface area contributed by atoms with Crippen LogP contribution in [0.3, 0.4) is 0 Å². The van der Waals surface area contributed by atoms with E-state index >= 15 is 0 Å². The lowest BCUT2D eigenvalue weighted by molar-refractivity contribution is 0.0955. The number of ether oxygens (including phenoxy) is 2. The number of carbonyl (C=O) groups excluding carboxylic acids is 2. The average molecular weight is 440 g/mol. The topological polar surface area (TPSA) is 89.6 Å². The second kappa shape index (κ2) is 10.4. The predicted octanol–water partition coefficient (Wildman–Crippen LogP) is 3.98. The summed E-state index contributed by atoms with van der Waals surface area (Å²) in [6.45, 7) is 0.408. The molecule has 0 saturated heterocycles. The van der Waals surface area contributed by atoms with Crippen molar-refractivity contribution in [3.8, 4) is 11.5 Å². The van der Waals surface area contributed by atoms with E-state index in [4.69, 9.17) is 21.1 Å². The van der Waals surface area contributed by atoms with E-state index in [9.17, 15) is 9.59 Å². The molecule has 3 rings (SSSR count). The van der Waals surface area contributed by atoms with Crippen LogP contribution in [0.2, 0.25) is 5.15 Å². The Labute approximate surface area is 185 Å². The third-order valence-electron chi connectivity index (χ3n) is 4.57. The van der Waals surface area contributed by atoms with Gasteiger partial charge in [-0.1, -0.05) is 29.8 Å². The van der Waals surface area contributed by atoms with E-state index < -0.39 is 5.91 Å². The van der Waals surface area contributed by atoms with Crippen LogP contribution in [0.4, 0.5) is 5.69 Å². The molecule has 160 valence electrons. The van der Waals surface area contributed by atoms with Crippen LogP contribution < -0.4 is 20.1 Å². The van der Waals surface area contributed by atoms with Crippen molar-refractivity contribution in [3.05, 3.63) is 82.6 Å². The van der Waals surface area contributed by atoms with Crippen LogP contribution in [-0.2, 0) is 6.42 Å². The Morgan fingerprint density at radius 1 is 0.935 bits per heavy atom. The third-order valence-corrected chi connectivity index (χ3v) is 4.87. The molecule has 0 fully saturated rings. The number of benzene rings is 2. The van der Waals surface area contributed by atoms with Gasteiger partial charge in [-0.05, 0) is 48.4 Å². The van der Waals surface area contributed by atoms with E-state index in [2.05, 4.69) is 15.6 Å². The first-order valence-corrected chi connectivity index (χ1v) is 9.91. The molecule has 2 N–H and O–H groups in total.